The highest BCUT2D eigenvalue weighted by molar-refractivity contribution is 6.06. The monoisotopic (exact) mass is 757 g/mol. The molecule has 0 saturated heterocycles. The lowest BCUT2D eigenvalue weighted by Gasteiger charge is -2.08. The van der Waals surface area contributed by atoms with Crippen LogP contribution >= 0.6 is 0 Å². The molecule has 8 bridgehead atoms. The fraction of sp³-hybridized carbons (Fsp3) is 0.0800. The molecule has 3 aromatic heterocycles. The smallest absolute Gasteiger partial charge is 0.303 e. The fourth-order valence-electron chi connectivity index (χ4n) is 7.79. The minimum atomic E-state index is -0.872. The lowest BCUT2D eigenvalue weighted by Crippen LogP contribution is -2.11. The van der Waals surface area contributed by atoms with E-state index in [2.05, 4.69) is 82.0 Å². The van der Waals surface area contributed by atoms with Crippen LogP contribution in [-0.2, 0) is 9.59 Å². The van der Waals surface area contributed by atoms with Gasteiger partial charge in [-0.15, -0.1) is 0 Å². The SMILES string of the molecule is O=C(O)CCCCC(=O)Nc1cc2[nH]c1c(-c1ccccc1)c1nc(c(-c3ccccc3)c3ccc([nH]3)c(-c3ccccc3)c3nc(c2-c2ccccc2)C=C3)C=C1. The van der Waals surface area contributed by atoms with Crippen LogP contribution in [0.2, 0.25) is 0 Å². The third kappa shape index (κ3) is 7.27. The van der Waals surface area contributed by atoms with Crippen molar-refractivity contribution < 1.29 is 14.7 Å². The summed E-state index contributed by atoms with van der Waals surface area (Å²) in [4.78, 5) is 43.1. The highest BCUT2D eigenvalue weighted by atomic mass is 16.4. The molecule has 7 aromatic rings. The largest absolute Gasteiger partial charge is 0.481 e. The van der Waals surface area contributed by atoms with E-state index in [1.807, 2.05) is 97.1 Å². The first-order chi connectivity index (χ1) is 28.5. The molecule has 0 unspecified atom stereocenters. The van der Waals surface area contributed by atoms with Crippen molar-refractivity contribution in [1.29, 1.82) is 0 Å². The molecule has 0 atom stereocenters. The van der Waals surface area contributed by atoms with Gasteiger partial charge in [-0.05, 0) is 77.6 Å². The number of fused-ring (bicyclic) bond motifs is 8. The predicted molar refractivity (Wildman–Crippen MR) is 235 cm³/mol. The van der Waals surface area contributed by atoms with Gasteiger partial charge in [-0.2, -0.15) is 0 Å². The number of aromatic amines is 2. The summed E-state index contributed by atoms with van der Waals surface area (Å²) < 4.78 is 0. The molecule has 0 spiro atoms. The first-order valence-electron chi connectivity index (χ1n) is 19.4. The summed E-state index contributed by atoms with van der Waals surface area (Å²) in [6, 6.07) is 47.0. The maximum absolute atomic E-state index is 13.7. The third-order valence-corrected chi connectivity index (χ3v) is 10.4. The standard InChI is InChI=1S/C50H39N5O3/c56-44(23-13-14-24-45(57)58)54-43-31-42-48(34-19-9-3-10-20-34)40-28-27-38(52-40)46(32-15-5-1-6-16-32)36-25-26-37(51-36)47(33-17-7-2-8-18-33)39-29-30-41(53-39)49(50(43)55-42)35-21-11-4-12-22-35/h1-12,15-22,25-31,51,55H,13-14,23-24H2,(H,54,56)(H,57,58). The predicted octanol–water partition coefficient (Wildman–Crippen LogP) is 11.9. The average Bonchev–Trinajstić information content (AvgIpc) is 4.09. The Morgan fingerprint density at radius 1 is 0.483 bits per heavy atom. The second-order valence-corrected chi connectivity index (χ2v) is 14.3. The van der Waals surface area contributed by atoms with Gasteiger partial charge in [0, 0.05) is 46.1 Å². The second-order valence-electron chi connectivity index (χ2n) is 14.3. The van der Waals surface area contributed by atoms with Crippen LogP contribution in [0.4, 0.5) is 5.69 Å². The van der Waals surface area contributed by atoms with Gasteiger partial charge in [0.25, 0.3) is 0 Å². The Labute approximate surface area is 335 Å². The minimum Gasteiger partial charge on any atom is -0.481 e. The van der Waals surface area contributed by atoms with Gasteiger partial charge in [0.05, 0.1) is 39.5 Å². The first-order valence-corrected chi connectivity index (χ1v) is 19.4. The highest BCUT2D eigenvalue weighted by Gasteiger charge is 2.21. The normalized spacial score (nSPS) is 11.8. The van der Waals surface area contributed by atoms with Crippen LogP contribution in [0.5, 0.6) is 0 Å². The molecule has 4 N–H and O–H groups in total. The molecule has 0 aliphatic carbocycles. The summed E-state index contributed by atoms with van der Waals surface area (Å²) in [5.74, 6) is -1.08. The van der Waals surface area contributed by atoms with Gasteiger partial charge >= 0.3 is 5.97 Å². The quantitative estimate of drug-likeness (QED) is 0.103. The molecule has 1 amide bonds. The Balaban J connectivity index is 1.42. The van der Waals surface area contributed by atoms with Crippen molar-refractivity contribution in [3.8, 4) is 44.5 Å². The van der Waals surface area contributed by atoms with Crippen LogP contribution in [0, 0.1) is 0 Å². The van der Waals surface area contributed by atoms with Gasteiger partial charge in [-0.3, -0.25) is 9.59 Å². The van der Waals surface area contributed by atoms with Crippen molar-refractivity contribution in [2.24, 2.45) is 0 Å². The molecule has 2 aliphatic heterocycles. The Hall–Kier alpha value is -7.58. The molecule has 0 saturated carbocycles. The Morgan fingerprint density at radius 3 is 1.33 bits per heavy atom. The number of hydrogen-bond acceptors (Lipinski definition) is 4. The number of benzene rings is 4. The number of aliphatic carboxylic acids is 1. The van der Waals surface area contributed by atoms with E-state index in [9.17, 15) is 14.7 Å². The third-order valence-electron chi connectivity index (χ3n) is 10.4. The van der Waals surface area contributed by atoms with E-state index in [-0.39, 0.29) is 18.7 Å². The summed E-state index contributed by atoms with van der Waals surface area (Å²) in [5.41, 5.74) is 14.5. The summed E-state index contributed by atoms with van der Waals surface area (Å²) in [5, 5.41) is 12.4. The minimum absolute atomic E-state index is 0.0168. The molecule has 5 heterocycles. The lowest BCUT2D eigenvalue weighted by molar-refractivity contribution is -0.137. The lowest BCUT2D eigenvalue weighted by atomic mass is 10.0. The first kappa shape index (κ1) is 36.1. The van der Waals surface area contributed by atoms with E-state index in [0.717, 1.165) is 83.8 Å². The number of anilines is 1. The molecule has 9 rings (SSSR count). The fourth-order valence-corrected chi connectivity index (χ4v) is 7.79. The second kappa shape index (κ2) is 15.9. The molecular weight excluding hydrogens is 719 g/mol. The number of rotatable bonds is 10. The highest BCUT2D eigenvalue weighted by Crippen LogP contribution is 2.40. The Kier molecular flexibility index (Phi) is 9.88. The summed E-state index contributed by atoms with van der Waals surface area (Å²) in [7, 11) is 0. The molecule has 0 fully saturated rings. The molecule has 2 aliphatic rings. The van der Waals surface area contributed by atoms with Crippen molar-refractivity contribution in [2.45, 2.75) is 25.7 Å². The number of carbonyl (C=O) groups is 2. The number of carboxylic acid groups (broad SMARTS) is 1. The molecule has 58 heavy (non-hydrogen) atoms. The van der Waals surface area contributed by atoms with Gasteiger partial charge in [0.2, 0.25) is 5.91 Å². The zero-order valence-corrected chi connectivity index (χ0v) is 31.6. The van der Waals surface area contributed by atoms with Gasteiger partial charge in [0.15, 0.2) is 0 Å². The van der Waals surface area contributed by atoms with E-state index in [4.69, 9.17) is 9.97 Å². The van der Waals surface area contributed by atoms with Crippen LogP contribution in [0.25, 0.3) is 90.9 Å². The molecule has 4 aromatic carbocycles. The summed E-state index contributed by atoms with van der Waals surface area (Å²) in [6.45, 7) is 0. The Morgan fingerprint density at radius 2 is 0.879 bits per heavy atom. The van der Waals surface area contributed by atoms with Gasteiger partial charge < -0.3 is 20.4 Å². The van der Waals surface area contributed by atoms with E-state index in [1.54, 1.807) is 0 Å². The molecule has 0 radical (unpaired) electrons. The molecule has 282 valence electrons. The van der Waals surface area contributed by atoms with Crippen LogP contribution < -0.4 is 5.32 Å². The van der Waals surface area contributed by atoms with Crippen LogP contribution in [0.15, 0.2) is 140 Å². The zero-order valence-electron chi connectivity index (χ0n) is 31.6. The van der Waals surface area contributed by atoms with E-state index in [1.165, 1.54) is 0 Å². The number of amides is 1. The number of nitrogens with zero attached hydrogens (tertiary/aromatic N) is 2. The van der Waals surface area contributed by atoms with Crippen LogP contribution in [0.1, 0.15) is 48.5 Å². The summed E-state index contributed by atoms with van der Waals surface area (Å²) >= 11 is 0. The topological polar surface area (TPSA) is 124 Å². The van der Waals surface area contributed by atoms with Crippen molar-refractivity contribution in [3.05, 3.63) is 162 Å². The van der Waals surface area contributed by atoms with E-state index >= 15 is 0 Å². The van der Waals surface area contributed by atoms with Crippen LogP contribution in [-0.4, -0.2) is 36.9 Å². The maximum atomic E-state index is 13.7. The maximum Gasteiger partial charge on any atom is 0.303 e. The number of unbranched alkanes of at least 4 members (excludes halogenated alkanes) is 1. The van der Waals surface area contributed by atoms with Crippen molar-refractivity contribution in [2.75, 3.05) is 5.32 Å². The van der Waals surface area contributed by atoms with Crippen LogP contribution in [0.3, 0.4) is 0 Å². The number of H-pyrrole nitrogens is 2. The number of carbonyl (C=O) groups excluding carboxylic acids is 1. The summed E-state index contributed by atoms with van der Waals surface area (Å²) in [6.07, 6.45) is 9.27. The number of carboxylic acids is 1. The van der Waals surface area contributed by atoms with Gasteiger partial charge in [-0.1, -0.05) is 121 Å². The van der Waals surface area contributed by atoms with E-state index in [0.29, 0.717) is 24.0 Å². The molecular formula is C50H39N5O3. The van der Waals surface area contributed by atoms with Crippen molar-refractivity contribution in [1.82, 2.24) is 19.9 Å². The zero-order chi connectivity index (χ0) is 39.4. The Bertz CT molecular complexity index is 2900. The molecule has 8 nitrogen and oxygen atoms in total. The van der Waals surface area contributed by atoms with Crippen molar-refractivity contribution in [3.63, 3.8) is 0 Å². The molecule has 8 heteroatoms. The number of hydrogen-bond donors (Lipinski definition) is 4. The van der Waals surface area contributed by atoms with Crippen molar-refractivity contribution >= 4 is 63.9 Å². The van der Waals surface area contributed by atoms with Gasteiger partial charge in [-0.25, -0.2) is 9.97 Å². The number of nitrogens with one attached hydrogen (secondary N) is 3. The average molecular weight is 758 g/mol. The number of aromatic nitrogens is 4. The van der Waals surface area contributed by atoms with Gasteiger partial charge in [0.1, 0.15) is 0 Å². The van der Waals surface area contributed by atoms with E-state index < -0.39 is 5.97 Å².